The van der Waals surface area contributed by atoms with Gasteiger partial charge in [-0.25, -0.2) is 14.8 Å². The number of para-hydroxylation sites is 1. The van der Waals surface area contributed by atoms with Gasteiger partial charge in [0.05, 0.1) is 57.0 Å². The minimum Gasteiger partial charge on any atom is -0.454 e. The van der Waals surface area contributed by atoms with Crippen LogP contribution in [0.25, 0.3) is 160 Å². The standard InChI is InChI=1S/C77H47N5O/c1-78-73-72(81-68-39-35-55(49-21-8-2-9-22-49)43-61(68)62-44-56(36-40-69(62)81)50-23-10-3-11-24-50)47-65-59-33-20-34-60(77-79-66(53-29-16-6-17-30-53)48-67(80-77)54-31-18-7-19-32-54)75(59)83-76(65)74(73)82-70-41-37-57(51-25-12-4-13-26-51)45-63(70)64-46-58(38-42-71(64)82)52-27-14-5-15-28-52/h2-48H. The number of rotatable bonds is 9. The van der Waals surface area contributed by atoms with E-state index in [0.717, 1.165) is 133 Å². The number of nitrogens with zero attached hydrogens (tertiary/aromatic N) is 5. The van der Waals surface area contributed by atoms with Gasteiger partial charge in [-0.15, -0.1) is 0 Å². The molecule has 0 unspecified atom stereocenters. The third-order valence-corrected chi connectivity index (χ3v) is 16.4. The normalized spacial score (nSPS) is 11.6. The molecule has 16 aromatic rings. The van der Waals surface area contributed by atoms with Crippen molar-refractivity contribution >= 4 is 71.2 Å². The van der Waals surface area contributed by atoms with Crippen LogP contribution < -0.4 is 0 Å². The van der Waals surface area contributed by atoms with Gasteiger partial charge >= 0.3 is 0 Å². The second-order valence-corrected chi connectivity index (χ2v) is 21.1. The van der Waals surface area contributed by atoms with Crippen LogP contribution in [0, 0.1) is 6.57 Å². The molecule has 0 atom stereocenters. The van der Waals surface area contributed by atoms with Gasteiger partial charge in [-0.3, -0.25) is 0 Å². The van der Waals surface area contributed by atoms with E-state index in [1.54, 1.807) is 0 Å². The van der Waals surface area contributed by atoms with E-state index < -0.39 is 0 Å². The second kappa shape index (κ2) is 19.5. The molecule has 4 heterocycles. The van der Waals surface area contributed by atoms with Crippen LogP contribution in [-0.2, 0) is 0 Å². The topological polar surface area (TPSA) is 53.1 Å². The van der Waals surface area contributed by atoms with Gasteiger partial charge in [-0.2, -0.15) is 0 Å². The summed E-state index contributed by atoms with van der Waals surface area (Å²) in [5, 5.41) is 6.02. The van der Waals surface area contributed by atoms with Crippen LogP contribution in [-0.4, -0.2) is 19.1 Å². The maximum Gasteiger partial charge on any atom is 0.237 e. The molecule has 0 bridgehead atoms. The lowest BCUT2D eigenvalue weighted by Gasteiger charge is -2.17. The molecule has 0 aliphatic rings. The summed E-state index contributed by atoms with van der Waals surface area (Å²) in [6.45, 7) is 9.58. The van der Waals surface area contributed by atoms with Gasteiger partial charge in [0.1, 0.15) is 11.2 Å². The molecule has 0 spiro atoms. The van der Waals surface area contributed by atoms with Crippen molar-refractivity contribution in [3.63, 3.8) is 0 Å². The maximum absolute atomic E-state index is 9.58. The monoisotopic (exact) mass is 1060 g/mol. The van der Waals surface area contributed by atoms with Crippen LogP contribution in [0.5, 0.6) is 0 Å². The third kappa shape index (κ3) is 7.94. The number of aromatic nitrogens is 4. The average Bonchev–Trinajstić information content (AvgIpc) is 1.89. The highest BCUT2D eigenvalue weighted by atomic mass is 16.3. The largest absolute Gasteiger partial charge is 0.454 e. The zero-order valence-corrected chi connectivity index (χ0v) is 44.8. The van der Waals surface area contributed by atoms with E-state index in [4.69, 9.17) is 14.4 Å². The lowest BCUT2D eigenvalue weighted by Crippen LogP contribution is -2.01. The molecule has 0 saturated heterocycles. The molecule has 0 aliphatic carbocycles. The first-order chi connectivity index (χ1) is 41.1. The predicted octanol–water partition coefficient (Wildman–Crippen LogP) is 20.8. The predicted molar refractivity (Wildman–Crippen MR) is 342 cm³/mol. The van der Waals surface area contributed by atoms with Crippen LogP contribution in [0.2, 0.25) is 0 Å². The summed E-state index contributed by atoms with van der Waals surface area (Å²) in [7, 11) is 0. The number of hydrogen-bond acceptors (Lipinski definition) is 3. The van der Waals surface area contributed by atoms with Gasteiger partial charge in [-0.05, 0) is 111 Å². The quantitative estimate of drug-likeness (QED) is 0.135. The summed E-state index contributed by atoms with van der Waals surface area (Å²) in [5.41, 5.74) is 20.1. The average molecular weight is 1060 g/mol. The summed E-state index contributed by atoms with van der Waals surface area (Å²) in [5.74, 6) is 0.534. The highest BCUT2D eigenvalue weighted by Gasteiger charge is 2.29. The molecule has 0 aliphatic heterocycles. The van der Waals surface area contributed by atoms with E-state index in [9.17, 15) is 6.57 Å². The molecule has 6 nitrogen and oxygen atoms in total. The summed E-state index contributed by atoms with van der Waals surface area (Å²) in [6, 6.07) is 100. The van der Waals surface area contributed by atoms with Crippen molar-refractivity contribution in [1.82, 2.24) is 19.1 Å². The molecular weight excluding hydrogens is 1010 g/mol. The fourth-order valence-electron chi connectivity index (χ4n) is 12.4. The Kier molecular flexibility index (Phi) is 11.2. The number of furan rings is 1. The maximum atomic E-state index is 9.58. The van der Waals surface area contributed by atoms with Crippen molar-refractivity contribution in [3.05, 3.63) is 297 Å². The highest BCUT2D eigenvalue weighted by molar-refractivity contribution is 6.19. The molecule has 12 aromatic carbocycles. The van der Waals surface area contributed by atoms with Crippen molar-refractivity contribution in [2.24, 2.45) is 0 Å². The van der Waals surface area contributed by atoms with Gasteiger partial charge in [0.25, 0.3) is 0 Å². The van der Waals surface area contributed by atoms with Crippen molar-refractivity contribution in [2.75, 3.05) is 0 Å². The number of fused-ring (bicyclic) bond motifs is 9. The van der Waals surface area contributed by atoms with E-state index in [0.29, 0.717) is 28.4 Å². The van der Waals surface area contributed by atoms with Gasteiger partial charge in [0, 0.05) is 43.4 Å². The number of hydrogen-bond donors (Lipinski definition) is 0. The lowest BCUT2D eigenvalue weighted by molar-refractivity contribution is 0.667. The fraction of sp³-hybridized carbons (Fsp3) is 0. The summed E-state index contributed by atoms with van der Waals surface area (Å²) >= 11 is 0. The van der Waals surface area contributed by atoms with E-state index in [2.05, 4.69) is 263 Å². The highest BCUT2D eigenvalue weighted by Crippen LogP contribution is 2.50. The molecule has 83 heavy (non-hydrogen) atoms. The Morgan fingerprint density at radius 3 is 1.06 bits per heavy atom. The van der Waals surface area contributed by atoms with Crippen molar-refractivity contribution in [3.8, 4) is 89.8 Å². The molecule has 6 heteroatoms. The minimum absolute atomic E-state index is 0.447. The fourth-order valence-corrected chi connectivity index (χ4v) is 12.4. The van der Waals surface area contributed by atoms with Crippen LogP contribution in [0.4, 0.5) is 5.69 Å². The Morgan fingerprint density at radius 2 is 0.675 bits per heavy atom. The summed E-state index contributed by atoms with van der Waals surface area (Å²) < 4.78 is 12.1. The van der Waals surface area contributed by atoms with Crippen LogP contribution >= 0.6 is 0 Å². The first-order valence-corrected chi connectivity index (χ1v) is 27.9. The third-order valence-electron chi connectivity index (χ3n) is 16.4. The van der Waals surface area contributed by atoms with Gasteiger partial charge in [0.15, 0.2) is 5.82 Å². The smallest absolute Gasteiger partial charge is 0.237 e. The van der Waals surface area contributed by atoms with Crippen molar-refractivity contribution in [1.29, 1.82) is 0 Å². The van der Waals surface area contributed by atoms with Crippen LogP contribution in [0.1, 0.15) is 0 Å². The number of benzene rings is 12. The first kappa shape index (κ1) is 47.6. The molecule has 0 radical (unpaired) electrons. The molecule has 4 aromatic heterocycles. The Bertz CT molecular complexity index is 4980. The molecule has 386 valence electrons. The van der Waals surface area contributed by atoms with Crippen LogP contribution in [0.3, 0.4) is 0 Å². The lowest BCUT2D eigenvalue weighted by atomic mass is 10.0. The Morgan fingerprint density at radius 1 is 0.301 bits per heavy atom. The zero-order chi connectivity index (χ0) is 55.0. The van der Waals surface area contributed by atoms with Crippen LogP contribution in [0.15, 0.2) is 290 Å². The van der Waals surface area contributed by atoms with Gasteiger partial charge in [0.2, 0.25) is 5.69 Å². The Hall–Kier alpha value is -11.4. The van der Waals surface area contributed by atoms with Crippen molar-refractivity contribution < 1.29 is 4.42 Å². The molecule has 16 rings (SSSR count). The van der Waals surface area contributed by atoms with E-state index in [1.165, 1.54) is 0 Å². The first-order valence-electron chi connectivity index (χ1n) is 27.9. The molecule has 0 amide bonds. The minimum atomic E-state index is 0.447. The SMILES string of the molecule is [C-]#[N+]c1c(-n2c3ccc(-c4ccccc4)cc3c3cc(-c4ccccc4)ccc32)cc2c(oc3c(-c4nc(-c5ccccc5)cc(-c5ccccc5)n4)cccc32)c1-n1c2ccc(-c3ccccc3)cc2c2cc(-c3ccccc3)ccc21. The Labute approximate surface area is 478 Å². The van der Waals surface area contributed by atoms with Gasteiger partial charge in [-0.1, -0.05) is 218 Å². The summed E-state index contributed by atoms with van der Waals surface area (Å²) in [4.78, 5) is 15.3. The van der Waals surface area contributed by atoms with E-state index in [1.807, 2.05) is 36.4 Å². The zero-order valence-electron chi connectivity index (χ0n) is 44.8. The molecule has 0 N–H and O–H groups in total. The Balaban J connectivity index is 1.04. The van der Waals surface area contributed by atoms with Crippen molar-refractivity contribution in [2.45, 2.75) is 0 Å². The van der Waals surface area contributed by atoms with Gasteiger partial charge < -0.3 is 13.6 Å². The molecule has 0 saturated carbocycles. The summed E-state index contributed by atoms with van der Waals surface area (Å²) in [6.07, 6.45) is 0. The van der Waals surface area contributed by atoms with E-state index >= 15 is 0 Å². The molecule has 0 fully saturated rings. The molecular formula is C77H47N5O. The second-order valence-electron chi connectivity index (χ2n) is 21.1. The van der Waals surface area contributed by atoms with E-state index in [-0.39, 0.29) is 0 Å².